The molecule has 0 aromatic carbocycles. The number of rotatable bonds is 12. The van der Waals surface area contributed by atoms with Crippen molar-refractivity contribution in [1.82, 2.24) is 4.98 Å². The standard InChI is InChI=1S/C22H38N2O3/c1-8-12-26-20-11-10-19(18(7)23-20)24-21(25)22(14-16(3)4,15-17(5)6)27-13-9-2/h10-11,16-17H,8-9,12-15H2,1-7H3,(H,24,25). The highest BCUT2D eigenvalue weighted by Crippen LogP contribution is 2.31. The summed E-state index contributed by atoms with van der Waals surface area (Å²) in [5, 5.41) is 3.07. The van der Waals surface area contributed by atoms with E-state index in [0.29, 0.717) is 49.5 Å². The van der Waals surface area contributed by atoms with Gasteiger partial charge in [-0.2, -0.15) is 0 Å². The largest absolute Gasteiger partial charge is 0.478 e. The summed E-state index contributed by atoms with van der Waals surface area (Å²) in [4.78, 5) is 17.8. The van der Waals surface area contributed by atoms with Gasteiger partial charge in [0.1, 0.15) is 5.60 Å². The van der Waals surface area contributed by atoms with Gasteiger partial charge >= 0.3 is 0 Å². The predicted octanol–water partition coefficient (Wildman–Crippen LogP) is 5.37. The van der Waals surface area contributed by atoms with Crippen molar-refractivity contribution in [3.63, 3.8) is 0 Å². The molecule has 0 fully saturated rings. The Morgan fingerprint density at radius 3 is 2.15 bits per heavy atom. The van der Waals surface area contributed by atoms with Crippen molar-refractivity contribution < 1.29 is 14.3 Å². The third-order valence-corrected chi connectivity index (χ3v) is 4.23. The van der Waals surface area contributed by atoms with Crippen molar-refractivity contribution in [2.45, 2.75) is 79.8 Å². The number of nitrogens with one attached hydrogen (secondary N) is 1. The molecule has 0 aliphatic heterocycles. The van der Waals surface area contributed by atoms with Crippen molar-refractivity contribution in [1.29, 1.82) is 0 Å². The van der Waals surface area contributed by atoms with Gasteiger partial charge in [-0.25, -0.2) is 4.98 Å². The molecule has 0 saturated heterocycles. The van der Waals surface area contributed by atoms with Gasteiger partial charge in [0.25, 0.3) is 5.91 Å². The van der Waals surface area contributed by atoms with Crippen LogP contribution in [0.5, 0.6) is 5.88 Å². The first-order chi connectivity index (χ1) is 12.7. The maximum Gasteiger partial charge on any atom is 0.256 e. The van der Waals surface area contributed by atoms with Crippen LogP contribution in [-0.2, 0) is 9.53 Å². The van der Waals surface area contributed by atoms with Crippen molar-refractivity contribution in [3.8, 4) is 5.88 Å². The number of ether oxygens (including phenoxy) is 2. The molecule has 27 heavy (non-hydrogen) atoms. The number of aryl methyl sites for hydroxylation is 1. The molecule has 0 atom stereocenters. The SMILES string of the molecule is CCCOc1ccc(NC(=O)C(CC(C)C)(CC(C)C)OCCC)c(C)n1. The molecule has 0 aliphatic carbocycles. The lowest BCUT2D eigenvalue weighted by Gasteiger charge is -2.35. The summed E-state index contributed by atoms with van der Waals surface area (Å²) >= 11 is 0. The normalized spacial score (nSPS) is 11.9. The van der Waals surface area contributed by atoms with E-state index in [-0.39, 0.29) is 5.91 Å². The van der Waals surface area contributed by atoms with E-state index in [1.54, 1.807) is 6.07 Å². The zero-order valence-corrected chi connectivity index (χ0v) is 18.2. The molecule has 1 aromatic heterocycles. The van der Waals surface area contributed by atoms with Crippen LogP contribution >= 0.6 is 0 Å². The van der Waals surface area contributed by atoms with E-state index in [1.807, 2.05) is 13.0 Å². The molecule has 0 bridgehead atoms. The number of pyridine rings is 1. The van der Waals surface area contributed by atoms with E-state index < -0.39 is 5.60 Å². The number of carbonyl (C=O) groups excluding carboxylic acids is 1. The molecule has 0 saturated carbocycles. The maximum atomic E-state index is 13.3. The minimum Gasteiger partial charge on any atom is -0.478 e. The van der Waals surface area contributed by atoms with Gasteiger partial charge in [0, 0.05) is 12.7 Å². The van der Waals surface area contributed by atoms with E-state index in [2.05, 4.69) is 51.8 Å². The Morgan fingerprint density at radius 2 is 1.67 bits per heavy atom. The van der Waals surface area contributed by atoms with Crippen molar-refractivity contribution in [2.24, 2.45) is 11.8 Å². The predicted molar refractivity (Wildman–Crippen MR) is 111 cm³/mol. The Labute approximate surface area is 165 Å². The number of amides is 1. The fourth-order valence-corrected chi connectivity index (χ4v) is 3.26. The molecule has 1 N–H and O–H groups in total. The first-order valence-electron chi connectivity index (χ1n) is 10.3. The van der Waals surface area contributed by atoms with Crippen molar-refractivity contribution >= 4 is 11.6 Å². The lowest BCUT2D eigenvalue weighted by Crippen LogP contribution is -2.48. The van der Waals surface area contributed by atoms with Crippen LogP contribution in [0.2, 0.25) is 0 Å². The smallest absolute Gasteiger partial charge is 0.256 e. The van der Waals surface area contributed by atoms with Gasteiger partial charge < -0.3 is 14.8 Å². The zero-order valence-electron chi connectivity index (χ0n) is 18.2. The Hall–Kier alpha value is -1.62. The summed E-state index contributed by atoms with van der Waals surface area (Å²) in [6.45, 7) is 15.7. The molecular formula is C22H38N2O3. The van der Waals surface area contributed by atoms with Crippen LogP contribution in [0.25, 0.3) is 0 Å². The lowest BCUT2D eigenvalue weighted by atomic mass is 9.83. The van der Waals surface area contributed by atoms with Gasteiger partial charge in [-0.05, 0) is 50.5 Å². The third-order valence-electron chi connectivity index (χ3n) is 4.23. The highest BCUT2D eigenvalue weighted by Gasteiger charge is 2.40. The highest BCUT2D eigenvalue weighted by molar-refractivity contribution is 5.97. The van der Waals surface area contributed by atoms with Crippen LogP contribution < -0.4 is 10.1 Å². The maximum absolute atomic E-state index is 13.3. The minimum absolute atomic E-state index is 0.0783. The van der Waals surface area contributed by atoms with Crippen molar-refractivity contribution in [2.75, 3.05) is 18.5 Å². The molecule has 5 heteroatoms. The van der Waals surface area contributed by atoms with E-state index in [4.69, 9.17) is 9.47 Å². The molecule has 1 rings (SSSR count). The van der Waals surface area contributed by atoms with Crippen LogP contribution in [0.1, 0.15) is 72.9 Å². The zero-order chi connectivity index (χ0) is 20.4. The summed E-state index contributed by atoms with van der Waals surface area (Å²) < 4.78 is 11.8. The van der Waals surface area contributed by atoms with Crippen molar-refractivity contribution in [3.05, 3.63) is 17.8 Å². The van der Waals surface area contributed by atoms with Crippen LogP contribution in [0, 0.1) is 18.8 Å². The van der Waals surface area contributed by atoms with Gasteiger partial charge in [0.05, 0.1) is 18.0 Å². The summed E-state index contributed by atoms with van der Waals surface area (Å²) in [6, 6.07) is 3.66. The highest BCUT2D eigenvalue weighted by atomic mass is 16.5. The molecule has 1 aromatic rings. The Kier molecular flexibility index (Phi) is 9.78. The van der Waals surface area contributed by atoms with Crippen LogP contribution in [0.3, 0.4) is 0 Å². The third kappa shape index (κ3) is 7.49. The Bertz CT molecular complexity index is 575. The topological polar surface area (TPSA) is 60.5 Å². The second-order valence-electron chi connectivity index (χ2n) is 8.12. The van der Waals surface area contributed by atoms with Gasteiger partial charge in [0.2, 0.25) is 5.88 Å². The lowest BCUT2D eigenvalue weighted by molar-refractivity contribution is -0.147. The molecule has 0 spiro atoms. The summed E-state index contributed by atoms with van der Waals surface area (Å²) in [5.74, 6) is 1.22. The molecule has 1 heterocycles. The van der Waals surface area contributed by atoms with E-state index in [1.165, 1.54) is 0 Å². The Morgan fingerprint density at radius 1 is 1.07 bits per heavy atom. The number of aromatic nitrogens is 1. The Balaban J connectivity index is 3.06. The van der Waals surface area contributed by atoms with Gasteiger partial charge in [-0.15, -0.1) is 0 Å². The van der Waals surface area contributed by atoms with Crippen LogP contribution in [0.15, 0.2) is 12.1 Å². The van der Waals surface area contributed by atoms with E-state index >= 15 is 0 Å². The van der Waals surface area contributed by atoms with Gasteiger partial charge in [-0.3, -0.25) is 4.79 Å². The molecule has 0 unspecified atom stereocenters. The number of hydrogen-bond acceptors (Lipinski definition) is 4. The molecule has 0 radical (unpaired) electrons. The van der Waals surface area contributed by atoms with Gasteiger partial charge in [0.15, 0.2) is 0 Å². The van der Waals surface area contributed by atoms with Crippen LogP contribution in [-0.4, -0.2) is 29.7 Å². The average Bonchev–Trinajstić information content (AvgIpc) is 2.58. The second kappa shape index (κ2) is 11.3. The summed E-state index contributed by atoms with van der Waals surface area (Å²) in [5.41, 5.74) is 0.638. The fourth-order valence-electron chi connectivity index (χ4n) is 3.26. The quantitative estimate of drug-likeness (QED) is 0.531. The molecule has 5 nitrogen and oxygen atoms in total. The molecule has 0 aliphatic rings. The first-order valence-corrected chi connectivity index (χ1v) is 10.3. The molecule has 1 amide bonds. The average molecular weight is 379 g/mol. The second-order valence-corrected chi connectivity index (χ2v) is 8.12. The fraction of sp³-hybridized carbons (Fsp3) is 0.727. The summed E-state index contributed by atoms with van der Waals surface area (Å²) in [6.07, 6.45) is 3.21. The number of hydrogen-bond donors (Lipinski definition) is 1. The number of anilines is 1. The summed E-state index contributed by atoms with van der Waals surface area (Å²) in [7, 11) is 0. The monoisotopic (exact) mass is 378 g/mol. The van der Waals surface area contributed by atoms with Crippen LogP contribution in [0.4, 0.5) is 5.69 Å². The number of nitrogens with zero attached hydrogens (tertiary/aromatic N) is 1. The minimum atomic E-state index is -0.817. The molecular weight excluding hydrogens is 340 g/mol. The molecule has 154 valence electrons. The van der Waals surface area contributed by atoms with Gasteiger partial charge in [-0.1, -0.05) is 41.5 Å². The van der Waals surface area contributed by atoms with E-state index in [9.17, 15) is 4.79 Å². The number of carbonyl (C=O) groups is 1. The first kappa shape index (κ1) is 23.4. The van der Waals surface area contributed by atoms with E-state index in [0.717, 1.165) is 18.5 Å².